The van der Waals surface area contributed by atoms with Gasteiger partial charge in [-0.2, -0.15) is 13.2 Å². The maximum Gasteiger partial charge on any atom is 0.416 e. The van der Waals surface area contributed by atoms with Crippen molar-refractivity contribution < 1.29 is 23.1 Å². The number of rotatable bonds is 5. The van der Waals surface area contributed by atoms with Crippen LogP contribution in [0.5, 0.6) is 0 Å². The Morgan fingerprint density at radius 3 is 2.04 bits per heavy atom. The van der Waals surface area contributed by atoms with Gasteiger partial charge >= 0.3 is 6.18 Å². The fraction of sp³-hybridized carbons (Fsp3) is 0.235. The van der Waals surface area contributed by atoms with Crippen LogP contribution >= 0.6 is 0 Å². The van der Waals surface area contributed by atoms with Crippen molar-refractivity contribution in [3.63, 3.8) is 0 Å². The lowest BCUT2D eigenvalue weighted by Crippen LogP contribution is -2.51. The van der Waals surface area contributed by atoms with Gasteiger partial charge in [0.2, 0.25) is 0 Å². The highest BCUT2D eigenvalue weighted by molar-refractivity contribution is 5.94. The summed E-state index contributed by atoms with van der Waals surface area (Å²) in [6.07, 6.45) is -7.58. The fourth-order valence-electron chi connectivity index (χ4n) is 2.18. The second-order valence-corrected chi connectivity index (χ2v) is 5.12. The molecule has 0 saturated heterocycles. The van der Waals surface area contributed by atoms with Crippen molar-refractivity contribution in [2.75, 3.05) is 0 Å². The third kappa shape index (κ3) is 4.82. The van der Waals surface area contributed by atoms with Gasteiger partial charge in [0.1, 0.15) is 0 Å². The molecule has 0 aliphatic rings. The average Bonchev–Trinajstić information content (AvgIpc) is 2.54. The lowest BCUT2D eigenvalue weighted by molar-refractivity contribution is -0.211. The highest BCUT2D eigenvalue weighted by Gasteiger charge is 2.44. The number of nitrogens with one attached hydrogen (secondary N) is 1. The van der Waals surface area contributed by atoms with E-state index in [1.165, 1.54) is 12.1 Å². The van der Waals surface area contributed by atoms with Crippen molar-refractivity contribution in [1.82, 2.24) is 5.32 Å². The summed E-state index contributed by atoms with van der Waals surface area (Å²) in [6.45, 7) is 0. The quantitative estimate of drug-likeness (QED) is 0.889. The minimum Gasteiger partial charge on any atom is -0.382 e. The first-order chi connectivity index (χ1) is 10.9. The minimum absolute atomic E-state index is 0.125. The van der Waals surface area contributed by atoms with Gasteiger partial charge in [-0.1, -0.05) is 48.5 Å². The van der Waals surface area contributed by atoms with Crippen molar-refractivity contribution >= 4 is 5.91 Å². The molecule has 0 aliphatic heterocycles. The van der Waals surface area contributed by atoms with E-state index in [2.05, 4.69) is 5.32 Å². The van der Waals surface area contributed by atoms with E-state index in [1.807, 2.05) is 0 Å². The molecular formula is C17H16F3NO2. The number of carbonyl (C=O) groups excluding carboxylic acids is 1. The Morgan fingerprint density at radius 1 is 1.00 bits per heavy atom. The number of aliphatic hydroxyl groups is 1. The molecule has 0 fully saturated rings. The summed E-state index contributed by atoms with van der Waals surface area (Å²) in [5, 5.41) is 11.8. The first-order valence-corrected chi connectivity index (χ1v) is 7.02. The average molecular weight is 323 g/mol. The smallest absolute Gasteiger partial charge is 0.382 e. The zero-order chi connectivity index (χ0) is 16.9. The second kappa shape index (κ2) is 7.28. The lowest BCUT2D eigenvalue weighted by Gasteiger charge is -2.26. The molecule has 3 nitrogen and oxygen atoms in total. The van der Waals surface area contributed by atoms with E-state index in [-0.39, 0.29) is 12.0 Å². The van der Waals surface area contributed by atoms with Gasteiger partial charge in [-0.15, -0.1) is 0 Å². The van der Waals surface area contributed by atoms with Crippen LogP contribution in [-0.2, 0) is 6.42 Å². The molecule has 0 radical (unpaired) electrons. The Labute approximate surface area is 131 Å². The molecule has 23 heavy (non-hydrogen) atoms. The number of amides is 1. The van der Waals surface area contributed by atoms with Gasteiger partial charge in [0.15, 0.2) is 6.10 Å². The van der Waals surface area contributed by atoms with Gasteiger partial charge < -0.3 is 10.4 Å². The lowest BCUT2D eigenvalue weighted by atomic mass is 10.00. The standard InChI is InChI=1S/C17H16F3NO2/c18-17(19,20)15(22)14(11-12-7-3-1-4-8-12)21-16(23)13-9-5-2-6-10-13/h1-10,14-15,22H,11H2,(H,21,23). The van der Waals surface area contributed by atoms with Crippen LogP contribution < -0.4 is 5.32 Å². The van der Waals surface area contributed by atoms with Crippen LogP contribution in [0.1, 0.15) is 15.9 Å². The Kier molecular flexibility index (Phi) is 5.39. The molecule has 2 N–H and O–H groups in total. The van der Waals surface area contributed by atoms with Crippen LogP contribution in [-0.4, -0.2) is 29.3 Å². The molecule has 2 aromatic carbocycles. The molecule has 0 bridgehead atoms. The van der Waals surface area contributed by atoms with Crippen LogP contribution in [0.2, 0.25) is 0 Å². The zero-order valence-electron chi connectivity index (χ0n) is 12.1. The van der Waals surface area contributed by atoms with Gasteiger partial charge in [0, 0.05) is 5.56 Å². The van der Waals surface area contributed by atoms with Gasteiger partial charge in [0.25, 0.3) is 5.91 Å². The van der Waals surface area contributed by atoms with Gasteiger partial charge in [-0.05, 0) is 24.1 Å². The second-order valence-electron chi connectivity index (χ2n) is 5.12. The van der Waals surface area contributed by atoms with E-state index >= 15 is 0 Å². The van der Waals surface area contributed by atoms with E-state index in [9.17, 15) is 23.1 Å². The van der Waals surface area contributed by atoms with E-state index in [4.69, 9.17) is 0 Å². The number of hydrogen-bond acceptors (Lipinski definition) is 2. The molecule has 0 aromatic heterocycles. The highest BCUT2D eigenvalue weighted by atomic mass is 19.4. The maximum absolute atomic E-state index is 12.9. The predicted molar refractivity (Wildman–Crippen MR) is 79.9 cm³/mol. The SMILES string of the molecule is O=C(NC(Cc1ccccc1)C(O)C(F)(F)F)c1ccccc1. The molecule has 2 unspecified atom stereocenters. The number of carbonyl (C=O) groups is 1. The predicted octanol–water partition coefficient (Wildman–Crippen LogP) is 2.95. The van der Waals surface area contributed by atoms with E-state index in [1.54, 1.807) is 48.5 Å². The number of halogens is 3. The Balaban J connectivity index is 2.18. The van der Waals surface area contributed by atoms with Crippen molar-refractivity contribution in [3.8, 4) is 0 Å². The number of hydrogen-bond donors (Lipinski definition) is 2. The highest BCUT2D eigenvalue weighted by Crippen LogP contribution is 2.24. The normalized spacial score (nSPS) is 14.1. The van der Waals surface area contributed by atoms with Crippen LogP contribution in [0.15, 0.2) is 60.7 Å². The number of aliphatic hydroxyl groups excluding tert-OH is 1. The summed E-state index contributed by atoms with van der Waals surface area (Å²) in [5.74, 6) is -0.658. The first-order valence-electron chi connectivity index (χ1n) is 7.02. The molecule has 2 atom stereocenters. The van der Waals surface area contributed by atoms with Crippen LogP contribution in [0, 0.1) is 0 Å². The monoisotopic (exact) mass is 323 g/mol. The third-order valence-corrected chi connectivity index (χ3v) is 3.37. The molecule has 2 rings (SSSR count). The van der Waals surface area contributed by atoms with E-state index in [0.29, 0.717) is 5.56 Å². The molecule has 0 saturated carbocycles. The third-order valence-electron chi connectivity index (χ3n) is 3.37. The summed E-state index contributed by atoms with van der Waals surface area (Å²) in [5.41, 5.74) is 0.828. The molecule has 1 amide bonds. The summed E-state index contributed by atoms with van der Waals surface area (Å²) in [6, 6.07) is 14.8. The zero-order valence-corrected chi connectivity index (χ0v) is 12.1. The Bertz CT molecular complexity index is 629. The summed E-state index contributed by atoms with van der Waals surface area (Å²) in [4.78, 5) is 12.1. The number of benzene rings is 2. The molecule has 0 heterocycles. The van der Waals surface area contributed by atoms with Crippen molar-refractivity contribution in [1.29, 1.82) is 0 Å². The summed E-state index contributed by atoms with van der Waals surface area (Å²) in [7, 11) is 0. The van der Waals surface area contributed by atoms with Gasteiger partial charge in [-0.25, -0.2) is 0 Å². The van der Waals surface area contributed by atoms with Gasteiger partial charge in [0.05, 0.1) is 6.04 Å². The summed E-state index contributed by atoms with van der Waals surface area (Å²) < 4.78 is 38.6. The first kappa shape index (κ1) is 17.0. The molecular weight excluding hydrogens is 307 g/mol. The van der Waals surface area contributed by atoms with Crippen molar-refractivity contribution in [2.45, 2.75) is 24.7 Å². The Hall–Kier alpha value is -2.34. The molecule has 0 aliphatic carbocycles. The van der Waals surface area contributed by atoms with Crippen LogP contribution in [0.25, 0.3) is 0 Å². The molecule has 6 heteroatoms. The topological polar surface area (TPSA) is 49.3 Å². The van der Waals surface area contributed by atoms with E-state index < -0.39 is 24.2 Å². The maximum atomic E-state index is 12.9. The molecule has 122 valence electrons. The van der Waals surface area contributed by atoms with Crippen molar-refractivity contribution in [3.05, 3.63) is 71.8 Å². The molecule has 2 aromatic rings. The minimum atomic E-state index is -4.82. The van der Waals surface area contributed by atoms with E-state index in [0.717, 1.165) is 0 Å². The summed E-state index contributed by atoms with van der Waals surface area (Å²) >= 11 is 0. The fourth-order valence-corrected chi connectivity index (χ4v) is 2.18. The van der Waals surface area contributed by atoms with Crippen molar-refractivity contribution in [2.24, 2.45) is 0 Å². The van der Waals surface area contributed by atoms with Crippen LogP contribution in [0.3, 0.4) is 0 Å². The largest absolute Gasteiger partial charge is 0.416 e. The Morgan fingerprint density at radius 2 is 1.52 bits per heavy atom. The van der Waals surface area contributed by atoms with Crippen LogP contribution in [0.4, 0.5) is 13.2 Å². The molecule has 0 spiro atoms. The number of alkyl halides is 3. The van der Waals surface area contributed by atoms with Gasteiger partial charge in [-0.3, -0.25) is 4.79 Å².